The highest BCUT2D eigenvalue weighted by atomic mass is 35.5. The molecule has 0 radical (unpaired) electrons. The van der Waals surface area contributed by atoms with Gasteiger partial charge in [0.1, 0.15) is 5.69 Å². The van der Waals surface area contributed by atoms with Gasteiger partial charge in [-0.3, -0.25) is 4.79 Å². The summed E-state index contributed by atoms with van der Waals surface area (Å²) >= 11 is 5.51. The predicted molar refractivity (Wildman–Crippen MR) is 52.6 cm³/mol. The van der Waals surface area contributed by atoms with E-state index in [1.165, 1.54) is 12.3 Å². The third-order valence-corrected chi connectivity index (χ3v) is 1.94. The molecule has 1 amide bonds. The average Bonchev–Trinajstić information content (AvgIpc) is 2.70. The van der Waals surface area contributed by atoms with E-state index in [0.717, 1.165) is 10.9 Å². The molecule has 0 aliphatic heterocycles. The molecule has 2 aromatic heterocycles. The first-order valence-electron chi connectivity index (χ1n) is 4.12. The second-order valence-corrected chi connectivity index (χ2v) is 3.16. The maximum Gasteiger partial charge on any atom is 0.269 e. The highest BCUT2D eigenvalue weighted by Gasteiger charge is 2.11. The topological polar surface area (TPSA) is 86.7 Å². The molecule has 16 heavy (non-hydrogen) atoms. The Morgan fingerprint density at radius 3 is 2.94 bits per heavy atom. The Morgan fingerprint density at radius 1 is 1.56 bits per heavy atom. The fourth-order valence-corrected chi connectivity index (χ4v) is 1.20. The van der Waals surface area contributed by atoms with Crippen molar-refractivity contribution in [2.45, 2.75) is 0 Å². The summed E-state index contributed by atoms with van der Waals surface area (Å²) in [4.78, 5) is 17.9. The summed E-state index contributed by atoms with van der Waals surface area (Å²) in [5.74, 6) is -1.56. The molecule has 0 saturated heterocycles. The Hall–Kier alpha value is -2.02. The average molecular weight is 242 g/mol. The van der Waals surface area contributed by atoms with Crippen LogP contribution in [0.4, 0.5) is 4.39 Å². The summed E-state index contributed by atoms with van der Waals surface area (Å²) in [7, 11) is 0. The normalized spacial score (nSPS) is 10.4. The summed E-state index contributed by atoms with van der Waals surface area (Å²) in [6, 6.07) is 1.35. The van der Waals surface area contributed by atoms with Crippen LogP contribution in [0.1, 0.15) is 10.5 Å². The van der Waals surface area contributed by atoms with Crippen LogP contribution in [0.15, 0.2) is 18.5 Å². The van der Waals surface area contributed by atoms with E-state index >= 15 is 0 Å². The molecule has 0 aliphatic rings. The van der Waals surface area contributed by atoms with Crippen LogP contribution >= 0.6 is 11.6 Å². The predicted octanol–water partition coefficient (Wildman–Crippen LogP) is 0.554. The lowest BCUT2D eigenvalue weighted by Gasteiger charge is -2.00. The van der Waals surface area contributed by atoms with Gasteiger partial charge in [-0.1, -0.05) is 0 Å². The maximum atomic E-state index is 13.3. The number of halogens is 2. The van der Waals surface area contributed by atoms with Gasteiger partial charge in [-0.15, -0.1) is 0 Å². The summed E-state index contributed by atoms with van der Waals surface area (Å²) in [5.41, 5.74) is 5.01. The fraction of sp³-hybridized carbons (Fsp3) is 0. The second kappa shape index (κ2) is 3.86. The Kier molecular flexibility index (Phi) is 2.53. The lowest BCUT2D eigenvalue weighted by atomic mass is 10.4. The molecule has 0 saturated carbocycles. The van der Waals surface area contributed by atoms with Gasteiger partial charge in [-0.2, -0.15) is 10.1 Å². The highest BCUT2D eigenvalue weighted by Crippen LogP contribution is 2.11. The largest absolute Gasteiger partial charge is 0.364 e. The highest BCUT2D eigenvalue weighted by molar-refractivity contribution is 6.28. The summed E-state index contributed by atoms with van der Waals surface area (Å²) in [6.07, 6.45) is 2.26. The van der Waals surface area contributed by atoms with E-state index in [1.54, 1.807) is 0 Å². The Labute approximate surface area is 93.9 Å². The fourth-order valence-electron chi connectivity index (χ4n) is 1.07. The molecule has 8 heteroatoms. The summed E-state index contributed by atoms with van der Waals surface area (Å²) in [6.45, 7) is 0. The van der Waals surface area contributed by atoms with E-state index in [0.29, 0.717) is 0 Å². The van der Waals surface area contributed by atoms with E-state index in [4.69, 9.17) is 17.3 Å². The lowest BCUT2D eigenvalue weighted by Crippen LogP contribution is -2.13. The number of nitrogens with two attached hydrogens (primary N) is 1. The second-order valence-electron chi connectivity index (χ2n) is 2.82. The molecule has 0 aliphatic carbocycles. The van der Waals surface area contributed by atoms with E-state index in [2.05, 4.69) is 15.1 Å². The molecular weight excluding hydrogens is 237 g/mol. The minimum absolute atomic E-state index is 0.00846. The van der Waals surface area contributed by atoms with Gasteiger partial charge < -0.3 is 5.73 Å². The molecule has 6 nitrogen and oxygen atoms in total. The van der Waals surface area contributed by atoms with Gasteiger partial charge in [-0.05, 0) is 17.7 Å². The minimum Gasteiger partial charge on any atom is -0.364 e. The maximum absolute atomic E-state index is 13.3. The molecule has 0 fully saturated rings. The van der Waals surface area contributed by atoms with Crippen molar-refractivity contribution in [2.75, 3.05) is 0 Å². The number of aromatic nitrogens is 4. The van der Waals surface area contributed by atoms with E-state index in [-0.39, 0.29) is 16.8 Å². The van der Waals surface area contributed by atoms with Gasteiger partial charge >= 0.3 is 0 Å². The molecule has 0 bridgehead atoms. The van der Waals surface area contributed by atoms with Crippen LogP contribution in [0.5, 0.6) is 0 Å². The van der Waals surface area contributed by atoms with E-state index in [1.807, 2.05) is 0 Å². The molecule has 0 unspecified atom stereocenters. The smallest absolute Gasteiger partial charge is 0.269 e. The molecule has 0 aromatic carbocycles. The number of primary amides is 1. The zero-order valence-electron chi connectivity index (χ0n) is 7.76. The zero-order valence-corrected chi connectivity index (χ0v) is 8.52. The van der Waals surface area contributed by atoms with Crippen molar-refractivity contribution in [3.8, 4) is 5.82 Å². The number of rotatable bonds is 2. The zero-order chi connectivity index (χ0) is 11.7. The monoisotopic (exact) mass is 241 g/mol. The molecule has 82 valence electrons. The van der Waals surface area contributed by atoms with Crippen LogP contribution in [-0.4, -0.2) is 25.7 Å². The SMILES string of the molecule is NC(=O)c1ccn(-c2nc(Cl)ncc2F)n1. The van der Waals surface area contributed by atoms with Gasteiger partial charge in [0.25, 0.3) is 5.91 Å². The number of carbonyl (C=O) groups excluding carboxylic acids is 1. The van der Waals surface area contributed by atoms with Crippen molar-refractivity contribution in [1.29, 1.82) is 0 Å². The van der Waals surface area contributed by atoms with Crippen molar-refractivity contribution in [2.24, 2.45) is 5.73 Å². The lowest BCUT2D eigenvalue weighted by molar-refractivity contribution is 0.0995. The summed E-state index contributed by atoms with van der Waals surface area (Å²) < 4.78 is 14.4. The number of hydrogen-bond acceptors (Lipinski definition) is 4. The third kappa shape index (κ3) is 1.84. The first-order valence-corrected chi connectivity index (χ1v) is 4.49. The van der Waals surface area contributed by atoms with Crippen LogP contribution in [0.25, 0.3) is 5.82 Å². The molecule has 2 heterocycles. The quantitative estimate of drug-likeness (QED) is 0.778. The van der Waals surface area contributed by atoms with Crippen molar-refractivity contribution in [3.05, 3.63) is 35.3 Å². The van der Waals surface area contributed by atoms with Crippen LogP contribution in [0, 0.1) is 5.82 Å². The van der Waals surface area contributed by atoms with Crippen LogP contribution in [0.2, 0.25) is 5.28 Å². The Balaban J connectivity index is 2.50. The summed E-state index contributed by atoms with van der Waals surface area (Å²) in [5, 5.41) is 3.62. The number of amides is 1. The number of carbonyl (C=O) groups is 1. The van der Waals surface area contributed by atoms with E-state index in [9.17, 15) is 9.18 Å². The van der Waals surface area contributed by atoms with Crippen LogP contribution in [0.3, 0.4) is 0 Å². The van der Waals surface area contributed by atoms with Crippen molar-refractivity contribution < 1.29 is 9.18 Å². The van der Waals surface area contributed by atoms with Gasteiger partial charge in [0.05, 0.1) is 6.20 Å². The molecule has 2 N–H and O–H groups in total. The Bertz CT molecular complexity index is 555. The third-order valence-electron chi connectivity index (χ3n) is 1.75. The van der Waals surface area contributed by atoms with Gasteiger partial charge in [0, 0.05) is 6.20 Å². The van der Waals surface area contributed by atoms with Crippen molar-refractivity contribution in [1.82, 2.24) is 19.7 Å². The molecule has 0 atom stereocenters. The standard InChI is InChI=1S/C8H5ClFN5O/c9-8-12-3-4(10)7(13-8)15-2-1-5(14-15)6(11)16/h1-3H,(H2,11,16). The van der Waals surface area contributed by atoms with Crippen molar-refractivity contribution in [3.63, 3.8) is 0 Å². The van der Waals surface area contributed by atoms with Gasteiger partial charge in [0.2, 0.25) is 5.28 Å². The Morgan fingerprint density at radius 2 is 2.31 bits per heavy atom. The first kappa shape index (κ1) is 10.5. The molecular formula is C8H5ClFN5O. The first-order chi connectivity index (χ1) is 7.58. The molecule has 2 rings (SSSR count). The molecule has 0 spiro atoms. The van der Waals surface area contributed by atoms with Gasteiger partial charge in [-0.25, -0.2) is 14.1 Å². The van der Waals surface area contributed by atoms with Crippen LogP contribution < -0.4 is 5.73 Å². The van der Waals surface area contributed by atoms with Crippen molar-refractivity contribution >= 4 is 17.5 Å². The minimum atomic E-state index is -0.709. The molecule has 2 aromatic rings. The number of hydrogen-bond donors (Lipinski definition) is 1. The van der Waals surface area contributed by atoms with E-state index < -0.39 is 11.7 Å². The van der Waals surface area contributed by atoms with Crippen LogP contribution in [-0.2, 0) is 0 Å². The van der Waals surface area contributed by atoms with Gasteiger partial charge in [0.15, 0.2) is 11.6 Å². The number of nitrogens with zero attached hydrogens (tertiary/aromatic N) is 4.